The molecule has 0 unspecified atom stereocenters. The van der Waals surface area contributed by atoms with E-state index < -0.39 is 6.03 Å². The largest absolute Gasteiger partial charge is 0.457 e. The van der Waals surface area contributed by atoms with Gasteiger partial charge in [-0.15, -0.1) is 0 Å². The van der Waals surface area contributed by atoms with Crippen LogP contribution in [0.4, 0.5) is 4.79 Å². The lowest BCUT2D eigenvalue weighted by molar-refractivity contribution is -0.0730. The standard InChI is InChI=1S/C18H20N2O3/c19-18(21)20(22)15-9-6-14(12-15)13-7-10-17(11-8-13)23-16-4-2-1-3-5-16/h1-5,7-8,10-11,14-15,22H,6,9,12H2,(H2,19,21)/t14-,15-/m0/s1. The molecule has 3 N–H and O–H groups in total. The van der Waals surface area contributed by atoms with Gasteiger partial charge in [0.1, 0.15) is 11.5 Å². The molecule has 0 aromatic heterocycles. The smallest absolute Gasteiger partial charge is 0.338 e. The van der Waals surface area contributed by atoms with E-state index in [-0.39, 0.29) is 6.04 Å². The monoisotopic (exact) mass is 312 g/mol. The first-order valence-corrected chi connectivity index (χ1v) is 7.74. The van der Waals surface area contributed by atoms with Crippen LogP contribution in [0.25, 0.3) is 0 Å². The minimum Gasteiger partial charge on any atom is -0.457 e. The van der Waals surface area contributed by atoms with E-state index in [9.17, 15) is 10.0 Å². The molecule has 0 radical (unpaired) electrons. The molecule has 2 aromatic rings. The number of hydroxylamine groups is 2. The number of nitrogens with zero attached hydrogens (tertiary/aromatic N) is 1. The predicted octanol–water partition coefficient (Wildman–Crippen LogP) is 3.88. The maximum Gasteiger partial charge on any atom is 0.338 e. The Morgan fingerprint density at radius 3 is 2.35 bits per heavy atom. The average Bonchev–Trinajstić information content (AvgIpc) is 3.05. The summed E-state index contributed by atoms with van der Waals surface area (Å²) in [6.45, 7) is 0. The Kier molecular flexibility index (Phi) is 4.48. The lowest BCUT2D eigenvalue weighted by Gasteiger charge is -2.20. The summed E-state index contributed by atoms with van der Waals surface area (Å²) < 4.78 is 5.78. The molecular formula is C18H20N2O3. The topological polar surface area (TPSA) is 75.8 Å². The maximum atomic E-state index is 11.0. The van der Waals surface area contributed by atoms with Crippen LogP contribution in [0.1, 0.15) is 30.7 Å². The van der Waals surface area contributed by atoms with Crippen LogP contribution in [0, 0.1) is 0 Å². The fraction of sp³-hybridized carbons (Fsp3) is 0.278. The highest BCUT2D eigenvalue weighted by Gasteiger charge is 2.31. The number of ether oxygens (including phenoxy) is 1. The highest BCUT2D eigenvalue weighted by molar-refractivity contribution is 5.71. The van der Waals surface area contributed by atoms with E-state index in [1.54, 1.807) is 0 Å². The van der Waals surface area contributed by atoms with Crippen LogP contribution in [-0.4, -0.2) is 22.3 Å². The minimum atomic E-state index is -0.790. The Morgan fingerprint density at radius 1 is 1.04 bits per heavy atom. The predicted molar refractivity (Wildman–Crippen MR) is 86.5 cm³/mol. The van der Waals surface area contributed by atoms with Gasteiger partial charge in [0, 0.05) is 0 Å². The third kappa shape index (κ3) is 3.63. The number of amides is 2. The molecule has 1 aliphatic carbocycles. The van der Waals surface area contributed by atoms with Crippen LogP contribution >= 0.6 is 0 Å². The Balaban J connectivity index is 1.63. The molecule has 1 aliphatic rings. The van der Waals surface area contributed by atoms with Crippen molar-refractivity contribution in [3.05, 3.63) is 60.2 Å². The first-order chi connectivity index (χ1) is 11.1. The zero-order valence-corrected chi connectivity index (χ0v) is 12.8. The van der Waals surface area contributed by atoms with Gasteiger partial charge < -0.3 is 10.5 Å². The summed E-state index contributed by atoms with van der Waals surface area (Å²) in [5.41, 5.74) is 6.30. The van der Waals surface area contributed by atoms with Gasteiger partial charge in [-0.05, 0) is 55.0 Å². The van der Waals surface area contributed by atoms with E-state index in [4.69, 9.17) is 10.5 Å². The van der Waals surface area contributed by atoms with Crippen molar-refractivity contribution in [2.45, 2.75) is 31.2 Å². The molecule has 2 aromatic carbocycles. The second-order valence-electron chi connectivity index (χ2n) is 5.83. The SMILES string of the molecule is NC(=O)N(O)[C@H]1CC[C@H](c2ccc(Oc3ccccc3)cc2)C1. The summed E-state index contributed by atoms with van der Waals surface area (Å²) in [6, 6.07) is 16.6. The molecule has 0 saturated heterocycles. The summed E-state index contributed by atoms with van der Waals surface area (Å²) in [5, 5.41) is 10.3. The van der Waals surface area contributed by atoms with Crippen LogP contribution in [0.3, 0.4) is 0 Å². The van der Waals surface area contributed by atoms with Crippen molar-refractivity contribution in [1.29, 1.82) is 0 Å². The highest BCUT2D eigenvalue weighted by atomic mass is 16.5. The molecule has 5 heteroatoms. The third-order valence-corrected chi connectivity index (χ3v) is 4.31. The summed E-state index contributed by atoms with van der Waals surface area (Å²) in [4.78, 5) is 11.0. The highest BCUT2D eigenvalue weighted by Crippen LogP contribution is 2.37. The van der Waals surface area contributed by atoms with E-state index in [0.717, 1.165) is 30.8 Å². The fourth-order valence-corrected chi connectivity index (χ4v) is 3.10. The second kappa shape index (κ2) is 6.71. The van der Waals surface area contributed by atoms with E-state index in [1.165, 1.54) is 5.56 Å². The molecule has 120 valence electrons. The number of nitrogens with two attached hydrogens (primary N) is 1. The van der Waals surface area contributed by atoms with Gasteiger partial charge in [-0.2, -0.15) is 0 Å². The minimum absolute atomic E-state index is 0.197. The Labute approximate surface area is 135 Å². The molecule has 1 fully saturated rings. The van der Waals surface area contributed by atoms with Crippen LogP contribution in [-0.2, 0) is 0 Å². The van der Waals surface area contributed by atoms with Crippen LogP contribution in [0.5, 0.6) is 11.5 Å². The van der Waals surface area contributed by atoms with Gasteiger partial charge >= 0.3 is 6.03 Å². The number of urea groups is 1. The van der Waals surface area contributed by atoms with Gasteiger partial charge in [-0.1, -0.05) is 30.3 Å². The zero-order valence-electron chi connectivity index (χ0n) is 12.8. The average molecular weight is 312 g/mol. The van der Waals surface area contributed by atoms with Gasteiger partial charge in [0.2, 0.25) is 0 Å². The number of carbonyl (C=O) groups excluding carboxylic acids is 1. The number of rotatable bonds is 4. The quantitative estimate of drug-likeness (QED) is 0.664. The molecule has 2 amide bonds. The van der Waals surface area contributed by atoms with Crippen LogP contribution in [0.15, 0.2) is 54.6 Å². The maximum absolute atomic E-state index is 11.0. The first-order valence-electron chi connectivity index (χ1n) is 7.74. The van der Waals surface area contributed by atoms with E-state index in [1.807, 2.05) is 54.6 Å². The molecule has 1 saturated carbocycles. The summed E-state index contributed by atoms with van der Waals surface area (Å²) in [7, 11) is 0. The van der Waals surface area contributed by atoms with E-state index >= 15 is 0 Å². The molecule has 23 heavy (non-hydrogen) atoms. The normalized spacial score (nSPS) is 20.2. The third-order valence-electron chi connectivity index (χ3n) is 4.31. The van der Waals surface area contributed by atoms with E-state index in [0.29, 0.717) is 11.0 Å². The lowest BCUT2D eigenvalue weighted by Crippen LogP contribution is -2.39. The van der Waals surface area contributed by atoms with Gasteiger partial charge in [0.25, 0.3) is 0 Å². The van der Waals surface area contributed by atoms with Gasteiger partial charge in [0.05, 0.1) is 6.04 Å². The molecule has 5 nitrogen and oxygen atoms in total. The number of benzene rings is 2. The van der Waals surface area contributed by atoms with Gasteiger partial charge in [0.15, 0.2) is 0 Å². The molecular weight excluding hydrogens is 292 g/mol. The van der Waals surface area contributed by atoms with Crippen molar-refractivity contribution in [2.75, 3.05) is 0 Å². The number of primary amides is 1. The van der Waals surface area contributed by atoms with Crippen LogP contribution < -0.4 is 10.5 Å². The molecule has 3 rings (SSSR count). The number of hydrogen-bond donors (Lipinski definition) is 2. The number of hydrogen-bond acceptors (Lipinski definition) is 3. The first kappa shape index (κ1) is 15.4. The van der Waals surface area contributed by atoms with Crippen molar-refractivity contribution in [3.8, 4) is 11.5 Å². The summed E-state index contributed by atoms with van der Waals surface area (Å²) >= 11 is 0. The zero-order chi connectivity index (χ0) is 16.2. The molecule has 0 spiro atoms. The lowest BCUT2D eigenvalue weighted by atomic mass is 9.97. The fourth-order valence-electron chi connectivity index (χ4n) is 3.10. The van der Waals surface area contributed by atoms with E-state index in [2.05, 4.69) is 0 Å². The molecule has 0 bridgehead atoms. The molecule has 0 heterocycles. The number of carbonyl (C=O) groups is 1. The summed E-state index contributed by atoms with van der Waals surface area (Å²) in [6.07, 6.45) is 2.40. The Morgan fingerprint density at radius 2 is 1.70 bits per heavy atom. The van der Waals surface area contributed by atoms with Crippen molar-refractivity contribution in [2.24, 2.45) is 5.73 Å². The Hall–Kier alpha value is -2.53. The van der Waals surface area contributed by atoms with Gasteiger partial charge in [-0.25, -0.2) is 9.86 Å². The molecule has 2 atom stereocenters. The van der Waals surface area contributed by atoms with Gasteiger partial charge in [-0.3, -0.25) is 5.21 Å². The van der Waals surface area contributed by atoms with Crippen molar-refractivity contribution < 1.29 is 14.7 Å². The second-order valence-corrected chi connectivity index (χ2v) is 5.83. The van der Waals surface area contributed by atoms with Crippen molar-refractivity contribution in [3.63, 3.8) is 0 Å². The molecule has 0 aliphatic heterocycles. The Bertz CT molecular complexity index is 658. The summed E-state index contributed by atoms with van der Waals surface area (Å²) in [5.74, 6) is 1.91. The van der Waals surface area contributed by atoms with Crippen LogP contribution in [0.2, 0.25) is 0 Å². The van der Waals surface area contributed by atoms with Crippen molar-refractivity contribution >= 4 is 6.03 Å². The number of para-hydroxylation sites is 1. The van der Waals surface area contributed by atoms with Crippen molar-refractivity contribution in [1.82, 2.24) is 5.06 Å².